The van der Waals surface area contributed by atoms with E-state index in [9.17, 15) is 5.11 Å². The number of rotatable bonds is 5. The molecule has 0 spiro atoms. The monoisotopic (exact) mass is 678 g/mol. The van der Waals surface area contributed by atoms with Gasteiger partial charge in [-0.3, -0.25) is 14.5 Å². The normalized spacial score (nSPS) is 12.1. The van der Waals surface area contributed by atoms with E-state index in [0.29, 0.717) is 5.56 Å². The molecule has 0 bridgehead atoms. The first kappa shape index (κ1) is 33.1. The molecule has 0 radical (unpaired) electrons. The fourth-order valence-electron chi connectivity index (χ4n) is 6.99. The summed E-state index contributed by atoms with van der Waals surface area (Å²) in [6, 6.07) is 41.9. The molecule has 0 unspecified atom stereocenters. The van der Waals surface area contributed by atoms with Crippen molar-refractivity contribution < 1.29 is 5.11 Å². The molecule has 256 valence electrons. The van der Waals surface area contributed by atoms with Gasteiger partial charge in [0.25, 0.3) is 0 Å². The van der Waals surface area contributed by atoms with E-state index in [-0.39, 0.29) is 16.6 Å². The molecule has 5 nitrogen and oxygen atoms in total. The molecule has 0 aliphatic rings. The van der Waals surface area contributed by atoms with Crippen LogP contribution in [-0.2, 0) is 10.8 Å². The lowest BCUT2D eigenvalue weighted by Crippen LogP contribution is -2.11. The topological polar surface area (TPSA) is 63.8 Å². The van der Waals surface area contributed by atoms with Crippen molar-refractivity contribution in [3.05, 3.63) is 151 Å². The lowest BCUT2D eigenvalue weighted by atomic mass is 9.84. The minimum absolute atomic E-state index is 0.0150. The van der Waals surface area contributed by atoms with Crippen LogP contribution in [0.15, 0.2) is 140 Å². The molecule has 8 aromatic rings. The van der Waals surface area contributed by atoms with Crippen LogP contribution in [0.25, 0.3) is 72.4 Å². The first-order valence-corrected chi connectivity index (χ1v) is 17.8. The molecule has 3 heterocycles. The third-order valence-corrected chi connectivity index (χ3v) is 9.96. The summed E-state index contributed by atoms with van der Waals surface area (Å²) < 4.78 is 2.19. The molecule has 0 aliphatic heterocycles. The zero-order valence-electron chi connectivity index (χ0n) is 30.5. The molecule has 0 amide bonds. The van der Waals surface area contributed by atoms with Gasteiger partial charge in [-0.2, -0.15) is 0 Å². The van der Waals surface area contributed by atoms with Gasteiger partial charge in [-0.1, -0.05) is 114 Å². The molecular weight excluding hydrogens is 637 g/mol. The third-order valence-electron chi connectivity index (χ3n) is 9.96. The lowest BCUT2D eigenvalue weighted by molar-refractivity contribution is 0.477. The van der Waals surface area contributed by atoms with Crippen molar-refractivity contribution in [1.29, 1.82) is 0 Å². The number of aromatic hydroxyl groups is 1. The molecule has 0 atom stereocenters. The Labute approximate surface area is 305 Å². The maximum Gasteiger partial charge on any atom is 0.145 e. The summed E-state index contributed by atoms with van der Waals surface area (Å²) in [6.07, 6.45) is 5.55. The number of phenols is 1. The van der Waals surface area contributed by atoms with E-state index < -0.39 is 0 Å². The summed E-state index contributed by atoms with van der Waals surface area (Å²) >= 11 is 0. The van der Waals surface area contributed by atoms with Gasteiger partial charge in [-0.15, -0.1) is 0 Å². The molecule has 0 saturated carbocycles. The van der Waals surface area contributed by atoms with Crippen LogP contribution in [0.3, 0.4) is 0 Å². The SMILES string of the molecule is CC(C)(C)c1ccc(-n2c(-c3cccc(-c4cc(C(C)(C)C)cc5cccnc45)c3)nc3c(-c4cc(-c5ccccc5)ccc4O)cncc32)cc1. The summed E-state index contributed by atoms with van der Waals surface area (Å²) in [7, 11) is 0. The van der Waals surface area contributed by atoms with E-state index in [1.165, 1.54) is 11.1 Å². The summed E-state index contributed by atoms with van der Waals surface area (Å²) in [6.45, 7) is 13.4. The second-order valence-corrected chi connectivity index (χ2v) is 15.7. The fourth-order valence-corrected chi connectivity index (χ4v) is 6.99. The van der Waals surface area contributed by atoms with Crippen molar-refractivity contribution in [1.82, 2.24) is 19.5 Å². The minimum Gasteiger partial charge on any atom is -0.507 e. The highest BCUT2D eigenvalue weighted by molar-refractivity contribution is 5.98. The van der Waals surface area contributed by atoms with Crippen molar-refractivity contribution in [2.75, 3.05) is 0 Å². The minimum atomic E-state index is -0.0314. The van der Waals surface area contributed by atoms with Crippen LogP contribution in [0, 0.1) is 0 Å². The zero-order chi connectivity index (χ0) is 36.2. The molecular formula is C47H42N4O. The van der Waals surface area contributed by atoms with Crippen molar-refractivity contribution >= 4 is 21.9 Å². The Morgan fingerprint density at radius 2 is 1.27 bits per heavy atom. The predicted molar refractivity (Wildman–Crippen MR) is 215 cm³/mol. The molecule has 3 aromatic heterocycles. The summed E-state index contributed by atoms with van der Waals surface area (Å²) in [5.74, 6) is 0.970. The molecule has 5 heteroatoms. The van der Waals surface area contributed by atoms with Gasteiger partial charge in [0.1, 0.15) is 17.1 Å². The number of benzene rings is 5. The molecule has 0 saturated heterocycles. The van der Waals surface area contributed by atoms with Crippen LogP contribution in [0.5, 0.6) is 5.75 Å². The van der Waals surface area contributed by atoms with E-state index in [0.717, 1.165) is 66.8 Å². The number of aromatic nitrogens is 4. The van der Waals surface area contributed by atoms with Crippen LogP contribution in [0.2, 0.25) is 0 Å². The number of hydrogen-bond donors (Lipinski definition) is 1. The first-order valence-electron chi connectivity index (χ1n) is 17.8. The molecule has 8 rings (SSSR count). The number of phenolic OH excluding ortho intramolecular Hbond substituents is 1. The highest BCUT2D eigenvalue weighted by Crippen LogP contribution is 2.41. The molecule has 1 N–H and O–H groups in total. The van der Waals surface area contributed by atoms with Crippen molar-refractivity contribution in [3.8, 4) is 56.2 Å². The van der Waals surface area contributed by atoms with E-state index in [2.05, 4.69) is 125 Å². The van der Waals surface area contributed by atoms with E-state index in [1.54, 1.807) is 6.07 Å². The average Bonchev–Trinajstić information content (AvgIpc) is 3.54. The van der Waals surface area contributed by atoms with Gasteiger partial charge in [-0.25, -0.2) is 4.98 Å². The number of nitrogens with zero attached hydrogens (tertiary/aromatic N) is 4. The predicted octanol–water partition coefficient (Wildman–Crippen LogP) is 11.9. The Morgan fingerprint density at radius 1 is 0.538 bits per heavy atom. The maximum absolute atomic E-state index is 11.3. The second-order valence-electron chi connectivity index (χ2n) is 15.7. The van der Waals surface area contributed by atoms with E-state index >= 15 is 0 Å². The molecule has 0 fully saturated rings. The van der Waals surface area contributed by atoms with Gasteiger partial charge in [0, 0.05) is 45.7 Å². The van der Waals surface area contributed by atoms with Crippen LogP contribution < -0.4 is 0 Å². The Kier molecular flexibility index (Phi) is 8.02. The number of fused-ring (bicyclic) bond motifs is 2. The molecule has 52 heavy (non-hydrogen) atoms. The standard InChI is InChI=1S/C47H42N4O/c1-46(2,3)35-18-20-37(21-19-35)51-41-29-48-28-40(39-26-31(17-22-42(39)52)30-12-8-7-9-13-30)44(41)50-45(51)34-15-10-14-32(24-34)38-27-36(47(4,5)6)25-33-16-11-23-49-43(33)38/h7-29,52H,1-6H3. The second kappa shape index (κ2) is 12.6. The van der Waals surface area contributed by atoms with Crippen LogP contribution >= 0.6 is 0 Å². The van der Waals surface area contributed by atoms with Gasteiger partial charge in [0.2, 0.25) is 0 Å². The Balaban J connectivity index is 1.36. The number of pyridine rings is 2. The molecule has 5 aromatic carbocycles. The summed E-state index contributed by atoms with van der Waals surface area (Å²) in [4.78, 5) is 15.0. The molecule has 0 aliphatic carbocycles. The van der Waals surface area contributed by atoms with E-state index in [1.807, 2.05) is 55.0 Å². The van der Waals surface area contributed by atoms with Gasteiger partial charge >= 0.3 is 0 Å². The fraction of sp³-hybridized carbons (Fsp3) is 0.170. The van der Waals surface area contributed by atoms with Gasteiger partial charge in [-0.05, 0) is 87.2 Å². The van der Waals surface area contributed by atoms with Crippen LogP contribution in [0.4, 0.5) is 0 Å². The Hall–Kier alpha value is -6.07. The number of hydrogen-bond acceptors (Lipinski definition) is 4. The Morgan fingerprint density at radius 3 is 2.02 bits per heavy atom. The summed E-state index contributed by atoms with van der Waals surface area (Å²) in [5, 5.41) is 12.4. The van der Waals surface area contributed by atoms with Crippen LogP contribution in [-0.4, -0.2) is 24.6 Å². The lowest BCUT2D eigenvalue weighted by Gasteiger charge is -2.21. The van der Waals surface area contributed by atoms with Gasteiger partial charge in [0.05, 0.1) is 17.2 Å². The quantitative estimate of drug-likeness (QED) is 0.197. The number of imidazole rings is 1. The largest absolute Gasteiger partial charge is 0.507 e. The van der Waals surface area contributed by atoms with Crippen molar-refractivity contribution in [2.45, 2.75) is 52.4 Å². The zero-order valence-corrected chi connectivity index (χ0v) is 30.5. The first-order chi connectivity index (χ1) is 25.0. The third kappa shape index (κ3) is 6.02. The maximum atomic E-state index is 11.3. The van der Waals surface area contributed by atoms with Crippen molar-refractivity contribution in [3.63, 3.8) is 0 Å². The van der Waals surface area contributed by atoms with Gasteiger partial charge < -0.3 is 5.11 Å². The highest BCUT2D eigenvalue weighted by atomic mass is 16.3. The van der Waals surface area contributed by atoms with Crippen LogP contribution in [0.1, 0.15) is 52.7 Å². The smallest absolute Gasteiger partial charge is 0.145 e. The van der Waals surface area contributed by atoms with E-state index in [4.69, 9.17) is 15.0 Å². The Bertz CT molecular complexity index is 2590. The van der Waals surface area contributed by atoms with Crippen molar-refractivity contribution in [2.24, 2.45) is 0 Å². The highest BCUT2D eigenvalue weighted by Gasteiger charge is 2.22. The van der Waals surface area contributed by atoms with Gasteiger partial charge in [0.15, 0.2) is 0 Å². The average molecular weight is 679 g/mol. The summed E-state index contributed by atoms with van der Waals surface area (Å²) in [5.41, 5.74) is 12.7.